The minimum Gasteiger partial charge on any atom is -0.469 e. The molecule has 0 bridgehead atoms. The van der Waals surface area contributed by atoms with Crippen LogP contribution in [0.1, 0.15) is 30.9 Å². The van der Waals surface area contributed by atoms with Gasteiger partial charge in [-0.2, -0.15) is 0 Å². The van der Waals surface area contributed by atoms with E-state index in [1.54, 1.807) is 18.2 Å². The van der Waals surface area contributed by atoms with Gasteiger partial charge in [0.15, 0.2) is 0 Å². The molecule has 0 aliphatic heterocycles. The first-order valence-electron chi connectivity index (χ1n) is 6.48. The van der Waals surface area contributed by atoms with Crippen molar-refractivity contribution in [2.75, 3.05) is 7.11 Å². The molecule has 108 valence electrons. The molecule has 1 fully saturated rings. The molecule has 1 aromatic carbocycles. The van der Waals surface area contributed by atoms with Crippen LogP contribution in [-0.4, -0.2) is 25.2 Å². The van der Waals surface area contributed by atoms with E-state index in [1.165, 1.54) is 7.11 Å². The molecule has 1 aliphatic carbocycles. The molecular weight excluding hydrogens is 280 g/mol. The van der Waals surface area contributed by atoms with Crippen LogP contribution in [0, 0.1) is 0 Å². The molecule has 1 unspecified atom stereocenters. The maximum absolute atomic E-state index is 11.8. The van der Waals surface area contributed by atoms with Crippen molar-refractivity contribution >= 4 is 23.6 Å². The molecule has 20 heavy (non-hydrogen) atoms. The first-order valence-corrected chi connectivity index (χ1v) is 6.86. The normalized spacial score (nSPS) is 15.3. The number of benzene rings is 1. The summed E-state index contributed by atoms with van der Waals surface area (Å²) in [6.45, 7) is 0. The third-order valence-corrected chi connectivity index (χ3v) is 3.44. The molecule has 0 radical (unpaired) electrons. The van der Waals surface area contributed by atoms with E-state index >= 15 is 0 Å². The maximum Gasteiger partial charge on any atom is 0.315 e. The fourth-order valence-corrected chi connectivity index (χ4v) is 2.13. The van der Waals surface area contributed by atoms with E-state index < -0.39 is 12.0 Å². The van der Waals surface area contributed by atoms with Gasteiger partial charge in [-0.3, -0.25) is 4.79 Å². The number of hydrogen-bond acceptors (Lipinski definition) is 3. The number of halogens is 1. The lowest BCUT2D eigenvalue weighted by Gasteiger charge is -2.19. The summed E-state index contributed by atoms with van der Waals surface area (Å²) in [5, 5.41) is 6.10. The second kappa shape index (κ2) is 6.61. The molecule has 1 atom stereocenters. The SMILES string of the molecule is COC(=O)CC(NC(=O)NC1CC1)c1ccccc1Cl. The van der Waals surface area contributed by atoms with Crippen LogP contribution in [0.2, 0.25) is 5.02 Å². The average Bonchev–Trinajstić information content (AvgIpc) is 3.22. The van der Waals surface area contributed by atoms with Crippen LogP contribution in [-0.2, 0) is 9.53 Å². The molecule has 1 aromatic rings. The Morgan fingerprint density at radius 1 is 1.40 bits per heavy atom. The number of carbonyl (C=O) groups excluding carboxylic acids is 2. The summed E-state index contributed by atoms with van der Waals surface area (Å²) >= 11 is 6.12. The van der Waals surface area contributed by atoms with Crippen molar-refractivity contribution in [2.45, 2.75) is 31.3 Å². The molecule has 2 rings (SSSR count). The smallest absolute Gasteiger partial charge is 0.315 e. The lowest BCUT2D eigenvalue weighted by Crippen LogP contribution is -2.39. The molecule has 6 heteroatoms. The molecule has 0 aromatic heterocycles. The average molecular weight is 297 g/mol. The Morgan fingerprint density at radius 3 is 2.70 bits per heavy atom. The first kappa shape index (κ1) is 14.7. The van der Waals surface area contributed by atoms with Gasteiger partial charge in [0.1, 0.15) is 0 Å². The van der Waals surface area contributed by atoms with Gasteiger partial charge >= 0.3 is 12.0 Å². The highest BCUT2D eigenvalue weighted by Gasteiger charge is 2.26. The molecular formula is C14H17ClN2O3. The summed E-state index contributed by atoms with van der Waals surface area (Å²) in [4.78, 5) is 23.3. The highest BCUT2D eigenvalue weighted by molar-refractivity contribution is 6.31. The summed E-state index contributed by atoms with van der Waals surface area (Å²) in [5.74, 6) is -0.401. The van der Waals surface area contributed by atoms with Crippen molar-refractivity contribution in [3.63, 3.8) is 0 Å². The predicted molar refractivity (Wildman–Crippen MR) is 75.5 cm³/mol. The van der Waals surface area contributed by atoms with E-state index in [9.17, 15) is 9.59 Å². The third-order valence-electron chi connectivity index (χ3n) is 3.10. The summed E-state index contributed by atoms with van der Waals surface area (Å²) in [7, 11) is 1.32. The lowest BCUT2D eigenvalue weighted by molar-refractivity contribution is -0.141. The van der Waals surface area contributed by atoms with Gasteiger partial charge in [0.25, 0.3) is 0 Å². The Labute approximate surface area is 122 Å². The fraction of sp³-hybridized carbons (Fsp3) is 0.429. The van der Waals surface area contributed by atoms with Crippen LogP contribution in [0.25, 0.3) is 0 Å². The first-order chi connectivity index (χ1) is 9.60. The van der Waals surface area contributed by atoms with Gasteiger partial charge in [0.2, 0.25) is 0 Å². The Kier molecular flexibility index (Phi) is 4.84. The largest absolute Gasteiger partial charge is 0.469 e. The van der Waals surface area contributed by atoms with E-state index in [0.717, 1.165) is 12.8 Å². The van der Waals surface area contributed by atoms with Crippen molar-refractivity contribution in [1.82, 2.24) is 10.6 Å². The van der Waals surface area contributed by atoms with Crippen molar-refractivity contribution in [2.24, 2.45) is 0 Å². The molecule has 1 aliphatic rings. The number of hydrogen-bond donors (Lipinski definition) is 2. The monoisotopic (exact) mass is 296 g/mol. The van der Waals surface area contributed by atoms with E-state index in [0.29, 0.717) is 10.6 Å². The van der Waals surface area contributed by atoms with Crippen LogP contribution >= 0.6 is 11.6 Å². The Morgan fingerprint density at radius 2 is 2.10 bits per heavy atom. The highest BCUT2D eigenvalue weighted by Crippen LogP contribution is 2.25. The Balaban J connectivity index is 2.08. The zero-order valence-corrected chi connectivity index (χ0v) is 11.9. The summed E-state index contributed by atoms with van der Waals surface area (Å²) in [6, 6.07) is 6.57. The van der Waals surface area contributed by atoms with Crippen molar-refractivity contribution in [1.29, 1.82) is 0 Å². The summed E-state index contributed by atoms with van der Waals surface area (Å²) < 4.78 is 4.66. The minimum absolute atomic E-state index is 0.0400. The molecule has 0 spiro atoms. The second-order valence-corrected chi connectivity index (χ2v) is 5.15. The van der Waals surface area contributed by atoms with E-state index in [1.807, 2.05) is 6.07 Å². The van der Waals surface area contributed by atoms with Crippen LogP contribution < -0.4 is 10.6 Å². The van der Waals surface area contributed by atoms with Crippen molar-refractivity contribution in [3.8, 4) is 0 Å². The van der Waals surface area contributed by atoms with Gasteiger partial charge in [-0.25, -0.2) is 4.79 Å². The quantitative estimate of drug-likeness (QED) is 0.820. The predicted octanol–water partition coefficient (Wildman–Crippen LogP) is 2.41. The number of esters is 1. The van der Waals surface area contributed by atoms with E-state index in [-0.39, 0.29) is 18.5 Å². The molecule has 2 amide bonds. The number of carbonyl (C=O) groups is 2. The van der Waals surface area contributed by atoms with Gasteiger partial charge < -0.3 is 15.4 Å². The van der Waals surface area contributed by atoms with Gasteiger partial charge in [0.05, 0.1) is 19.6 Å². The van der Waals surface area contributed by atoms with Crippen LogP contribution in [0.5, 0.6) is 0 Å². The second-order valence-electron chi connectivity index (χ2n) is 4.75. The molecule has 0 heterocycles. The number of amides is 2. The summed E-state index contributed by atoms with van der Waals surface area (Å²) in [5.41, 5.74) is 0.700. The van der Waals surface area contributed by atoms with Crippen LogP contribution in [0.4, 0.5) is 4.79 Å². The van der Waals surface area contributed by atoms with Gasteiger partial charge in [-0.15, -0.1) is 0 Å². The zero-order valence-electron chi connectivity index (χ0n) is 11.2. The maximum atomic E-state index is 11.8. The number of ether oxygens (including phenoxy) is 1. The van der Waals surface area contributed by atoms with E-state index in [4.69, 9.17) is 11.6 Å². The zero-order chi connectivity index (χ0) is 14.5. The van der Waals surface area contributed by atoms with Crippen LogP contribution in [0.15, 0.2) is 24.3 Å². The molecule has 1 saturated carbocycles. The Hall–Kier alpha value is -1.75. The standard InChI is InChI=1S/C14H17ClN2O3/c1-20-13(18)8-12(10-4-2-3-5-11(10)15)17-14(19)16-9-6-7-9/h2-5,9,12H,6-8H2,1H3,(H2,16,17,19). The van der Waals surface area contributed by atoms with Gasteiger partial charge in [-0.1, -0.05) is 29.8 Å². The fourth-order valence-electron chi connectivity index (χ4n) is 1.86. The number of rotatable bonds is 5. The highest BCUT2D eigenvalue weighted by atomic mass is 35.5. The number of methoxy groups -OCH3 is 1. The van der Waals surface area contributed by atoms with Crippen molar-refractivity contribution < 1.29 is 14.3 Å². The lowest BCUT2D eigenvalue weighted by atomic mass is 10.0. The number of urea groups is 1. The third kappa shape index (κ3) is 4.13. The van der Waals surface area contributed by atoms with Gasteiger partial charge in [-0.05, 0) is 24.5 Å². The van der Waals surface area contributed by atoms with Crippen LogP contribution in [0.3, 0.4) is 0 Å². The number of nitrogens with one attached hydrogen (secondary N) is 2. The molecule has 2 N–H and O–H groups in total. The molecule has 0 saturated heterocycles. The molecule has 5 nitrogen and oxygen atoms in total. The minimum atomic E-state index is -0.505. The topological polar surface area (TPSA) is 67.4 Å². The van der Waals surface area contributed by atoms with E-state index in [2.05, 4.69) is 15.4 Å². The van der Waals surface area contributed by atoms with Crippen molar-refractivity contribution in [3.05, 3.63) is 34.9 Å². The summed E-state index contributed by atoms with van der Waals surface area (Å²) in [6.07, 6.45) is 2.04. The van der Waals surface area contributed by atoms with Gasteiger partial charge in [0, 0.05) is 11.1 Å². The Bertz CT molecular complexity index is 503.